The average molecular weight is 489 g/mol. The lowest BCUT2D eigenvalue weighted by Crippen LogP contribution is -2.43. The molecule has 1 atom stereocenters. The first-order valence-corrected chi connectivity index (χ1v) is 13.1. The van der Waals surface area contributed by atoms with Crippen LogP contribution in [0.1, 0.15) is 18.4 Å². The van der Waals surface area contributed by atoms with Gasteiger partial charge in [-0.1, -0.05) is 0 Å². The molecule has 0 bridgehead atoms. The van der Waals surface area contributed by atoms with Gasteiger partial charge in [0.25, 0.3) is 0 Å². The summed E-state index contributed by atoms with van der Waals surface area (Å²) in [6, 6.07) is 0.633. The smallest absolute Gasteiger partial charge is 0.379 e. The minimum Gasteiger partial charge on any atom is -0.379 e. The van der Waals surface area contributed by atoms with Crippen LogP contribution in [0, 0.1) is 5.82 Å². The van der Waals surface area contributed by atoms with Crippen LogP contribution in [0.5, 0.6) is 0 Å². The van der Waals surface area contributed by atoms with Gasteiger partial charge in [-0.05, 0) is 37.6 Å². The lowest BCUT2D eigenvalue weighted by Gasteiger charge is -2.30. The highest BCUT2D eigenvalue weighted by Crippen LogP contribution is 2.34. The number of sulfone groups is 1. The van der Waals surface area contributed by atoms with Crippen molar-refractivity contribution in [1.29, 1.82) is 0 Å². The number of ether oxygens (including phenoxy) is 1. The van der Waals surface area contributed by atoms with Gasteiger partial charge in [-0.25, -0.2) is 21.2 Å². The second kappa shape index (κ2) is 9.30. The van der Waals surface area contributed by atoms with E-state index in [4.69, 9.17) is 4.74 Å². The Morgan fingerprint density at radius 2 is 1.87 bits per heavy atom. The molecule has 0 unspecified atom stereocenters. The standard InChI is InChI=1S/C18H24F4N2O5S2/c19-17-3-2-15(12-16(17)18(20,21)22)31(27,28)24(14-4-11-30(25,26)13-14)6-1-5-23-7-9-29-10-8-23/h2-3,12,14H,1,4-11,13H2/t14-/m0/s1. The van der Waals surface area contributed by atoms with Gasteiger partial charge < -0.3 is 4.74 Å². The number of hydrogen-bond acceptors (Lipinski definition) is 6. The minimum atomic E-state index is -5.06. The lowest BCUT2D eigenvalue weighted by atomic mass is 10.2. The quantitative estimate of drug-likeness (QED) is 0.544. The number of alkyl halides is 3. The number of rotatable bonds is 7. The van der Waals surface area contributed by atoms with Crippen LogP contribution in [0.3, 0.4) is 0 Å². The van der Waals surface area contributed by atoms with Gasteiger partial charge in [0, 0.05) is 25.7 Å². The Hall–Kier alpha value is -1.28. The van der Waals surface area contributed by atoms with Crippen LogP contribution in [-0.2, 0) is 30.8 Å². The van der Waals surface area contributed by atoms with Gasteiger partial charge in [-0.3, -0.25) is 4.90 Å². The highest BCUT2D eigenvalue weighted by Gasteiger charge is 2.40. The summed E-state index contributed by atoms with van der Waals surface area (Å²) in [5.41, 5.74) is -1.68. The fourth-order valence-corrected chi connectivity index (χ4v) is 7.34. The molecule has 1 aromatic carbocycles. The van der Waals surface area contributed by atoms with E-state index in [-0.39, 0.29) is 24.8 Å². The summed E-state index contributed by atoms with van der Waals surface area (Å²) < 4.78 is 109. The van der Waals surface area contributed by atoms with Gasteiger partial charge >= 0.3 is 6.18 Å². The van der Waals surface area contributed by atoms with E-state index in [9.17, 15) is 34.4 Å². The van der Waals surface area contributed by atoms with Gasteiger partial charge in [-0.2, -0.15) is 17.5 Å². The van der Waals surface area contributed by atoms with Gasteiger partial charge in [0.2, 0.25) is 10.0 Å². The number of hydrogen-bond donors (Lipinski definition) is 0. The number of nitrogens with zero attached hydrogens (tertiary/aromatic N) is 2. The molecule has 7 nitrogen and oxygen atoms in total. The van der Waals surface area contributed by atoms with E-state index < -0.39 is 54.1 Å². The number of morpholine rings is 1. The van der Waals surface area contributed by atoms with E-state index in [0.717, 1.165) is 10.4 Å². The summed E-state index contributed by atoms with van der Waals surface area (Å²) in [6.45, 7) is 2.94. The number of sulfonamides is 1. The van der Waals surface area contributed by atoms with E-state index in [1.165, 1.54) is 0 Å². The molecule has 0 radical (unpaired) electrons. The zero-order valence-corrected chi connectivity index (χ0v) is 18.3. The van der Waals surface area contributed by atoms with Gasteiger partial charge in [0.1, 0.15) is 5.82 Å². The first kappa shape index (κ1) is 24.4. The highest BCUT2D eigenvalue weighted by molar-refractivity contribution is 7.92. The zero-order chi connectivity index (χ0) is 22.9. The Bertz CT molecular complexity index is 993. The fourth-order valence-electron chi connectivity index (χ4n) is 3.79. The molecule has 2 heterocycles. The average Bonchev–Trinajstić information content (AvgIpc) is 3.04. The molecule has 2 aliphatic heterocycles. The van der Waals surface area contributed by atoms with E-state index in [1.54, 1.807) is 0 Å². The topological polar surface area (TPSA) is 84.0 Å². The van der Waals surface area contributed by atoms with Crippen molar-refractivity contribution in [3.63, 3.8) is 0 Å². The van der Waals surface area contributed by atoms with Gasteiger partial charge in [-0.15, -0.1) is 0 Å². The van der Waals surface area contributed by atoms with E-state index >= 15 is 0 Å². The molecule has 2 aliphatic rings. The predicted molar refractivity (Wildman–Crippen MR) is 104 cm³/mol. The van der Waals surface area contributed by atoms with Crippen molar-refractivity contribution < 1.29 is 39.1 Å². The van der Waals surface area contributed by atoms with Crippen molar-refractivity contribution >= 4 is 19.9 Å². The number of benzene rings is 1. The summed E-state index contributed by atoms with van der Waals surface area (Å²) in [5.74, 6) is -2.16. The molecular weight excluding hydrogens is 464 g/mol. The molecular formula is C18H24F4N2O5S2. The summed E-state index contributed by atoms with van der Waals surface area (Å²) in [4.78, 5) is 1.36. The normalized spacial score (nSPS) is 22.8. The Kier molecular flexibility index (Phi) is 7.31. The molecule has 13 heteroatoms. The molecule has 0 aromatic heterocycles. The van der Waals surface area contributed by atoms with Crippen LogP contribution in [0.25, 0.3) is 0 Å². The van der Waals surface area contributed by atoms with E-state index in [0.29, 0.717) is 45.3 Å². The van der Waals surface area contributed by atoms with Gasteiger partial charge in [0.05, 0.1) is 35.2 Å². The largest absolute Gasteiger partial charge is 0.419 e. The molecule has 1 aromatic rings. The third-order valence-corrected chi connectivity index (χ3v) is 9.12. The minimum absolute atomic E-state index is 0.0569. The van der Waals surface area contributed by atoms with E-state index in [1.807, 2.05) is 0 Å². The van der Waals surface area contributed by atoms with Crippen LogP contribution in [0.15, 0.2) is 23.1 Å². The Balaban J connectivity index is 1.86. The Morgan fingerprint density at radius 1 is 1.19 bits per heavy atom. The molecule has 2 fully saturated rings. The third kappa shape index (κ3) is 5.95. The van der Waals surface area contributed by atoms with Crippen molar-refractivity contribution in [3.8, 4) is 0 Å². The van der Waals surface area contributed by atoms with Crippen molar-refractivity contribution in [2.45, 2.75) is 30.0 Å². The summed E-state index contributed by atoms with van der Waals surface area (Å²) >= 11 is 0. The highest BCUT2D eigenvalue weighted by atomic mass is 32.2. The second-order valence-electron chi connectivity index (χ2n) is 7.62. The molecule has 0 N–H and O–H groups in total. The fraction of sp³-hybridized carbons (Fsp3) is 0.667. The molecule has 3 rings (SSSR count). The maximum Gasteiger partial charge on any atom is 0.419 e. The summed E-state index contributed by atoms with van der Waals surface area (Å²) in [6.07, 6.45) is -4.64. The van der Waals surface area contributed by atoms with Crippen LogP contribution < -0.4 is 0 Å². The molecule has 176 valence electrons. The number of halogens is 4. The van der Waals surface area contributed by atoms with E-state index in [2.05, 4.69) is 4.90 Å². The summed E-state index contributed by atoms with van der Waals surface area (Å²) in [5, 5.41) is 0. The maximum absolute atomic E-state index is 13.6. The Morgan fingerprint density at radius 3 is 2.45 bits per heavy atom. The van der Waals surface area contributed by atoms with Crippen molar-refractivity contribution in [3.05, 3.63) is 29.6 Å². The monoisotopic (exact) mass is 488 g/mol. The first-order valence-electron chi connectivity index (χ1n) is 9.79. The van der Waals surface area contributed by atoms with Crippen LogP contribution in [0.2, 0.25) is 0 Å². The first-order chi connectivity index (χ1) is 14.4. The van der Waals surface area contributed by atoms with Crippen molar-refractivity contribution in [2.24, 2.45) is 0 Å². The van der Waals surface area contributed by atoms with Crippen LogP contribution >= 0.6 is 0 Å². The van der Waals surface area contributed by atoms with Crippen LogP contribution in [0.4, 0.5) is 17.6 Å². The van der Waals surface area contributed by atoms with Crippen molar-refractivity contribution in [2.75, 3.05) is 50.9 Å². The molecule has 31 heavy (non-hydrogen) atoms. The zero-order valence-electron chi connectivity index (χ0n) is 16.6. The molecule has 0 saturated carbocycles. The van der Waals surface area contributed by atoms with Crippen LogP contribution in [-0.4, -0.2) is 83.0 Å². The third-order valence-electron chi connectivity index (χ3n) is 5.42. The molecule has 0 spiro atoms. The predicted octanol–water partition coefficient (Wildman–Crippen LogP) is 1.74. The summed E-state index contributed by atoms with van der Waals surface area (Å²) in [7, 11) is -7.92. The maximum atomic E-state index is 13.6. The van der Waals surface area contributed by atoms with Gasteiger partial charge in [0.15, 0.2) is 9.84 Å². The second-order valence-corrected chi connectivity index (χ2v) is 11.7. The SMILES string of the molecule is O=S1(=O)CC[C@H](N(CCCN2CCOCC2)S(=O)(=O)c2ccc(F)c(C(F)(F)F)c2)C1. The van der Waals surface area contributed by atoms with Crippen molar-refractivity contribution in [1.82, 2.24) is 9.21 Å². The lowest BCUT2D eigenvalue weighted by molar-refractivity contribution is -0.140. The molecule has 0 aliphatic carbocycles. The molecule has 0 amide bonds. The Labute approximate surface area is 178 Å². The molecule has 2 saturated heterocycles.